The lowest BCUT2D eigenvalue weighted by Crippen LogP contribution is -2.10. The Morgan fingerprint density at radius 3 is 1.67 bits per heavy atom. The van der Waals surface area contributed by atoms with E-state index in [0.29, 0.717) is 0 Å². The van der Waals surface area contributed by atoms with Crippen LogP contribution in [0.25, 0.3) is 77.3 Å². The second-order valence-corrected chi connectivity index (χ2v) is 15.5. The van der Waals surface area contributed by atoms with Crippen molar-refractivity contribution >= 4 is 54.8 Å². The lowest BCUT2D eigenvalue weighted by atomic mass is 9.85. The molecule has 6 aromatic carbocycles. The summed E-state index contributed by atoms with van der Waals surface area (Å²) in [5.41, 5.74) is 12.8. The van der Waals surface area contributed by atoms with E-state index >= 15 is 0 Å². The molecule has 0 amide bonds. The Balaban J connectivity index is 1.26. The van der Waals surface area contributed by atoms with Gasteiger partial charge in [-0.25, -0.2) is 0 Å². The molecule has 3 heteroatoms. The fourth-order valence-electron chi connectivity index (χ4n) is 7.62. The number of para-hydroxylation sites is 3. The molecular formula is C46H40N2O. The SMILES string of the molecule is CC(C)(C)c1ccc2c(c1)c1cc(C(C)(C)C)ccc1n2-c1ccc(-c2cccc3c4c5ccccc5oc4n(-c4ccccc4)c23)cc1. The lowest BCUT2D eigenvalue weighted by Gasteiger charge is -2.19. The van der Waals surface area contributed by atoms with Gasteiger partial charge in [0.2, 0.25) is 5.71 Å². The van der Waals surface area contributed by atoms with Crippen molar-refractivity contribution in [1.29, 1.82) is 0 Å². The van der Waals surface area contributed by atoms with Crippen LogP contribution in [0.4, 0.5) is 0 Å². The van der Waals surface area contributed by atoms with Crippen LogP contribution in [-0.4, -0.2) is 9.13 Å². The zero-order valence-corrected chi connectivity index (χ0v) is 29.0. The number of aromatic nitrogens is 2. The molecule has 0 N–H and O–H groups in total. The third-order valence-electron chi connectivity index (χ3n) is 10.3. The minimum Gasteiger partial charge on any atom is -0.439 e. The number of hydrogen-bond acceptors (Lipinski definition) is 1. The summed E-state index contributed by atoms with van der Waals surface area (Å²) in [5, 5.41) is 6.09. The van der Waals surface area contributed by atoms with Crippen molar-refractivity contribution in [2.45, 2.75) is 52.4 Å². The first-order valence-corrected chi connectivity index (χ1v) is 17.3. The van der Waals surface area contributed by atoms with Crippen molar-refractivity contribution < 1.29 is 4.42 Å². The molecule has 0 unspecified atom stereocenters. The second-order valence-electron chi connectivity index (χ2n) is 15.5. The van der Waals surface area contributed by atoms with Gasteiger partial charge in [-0.1, -0.05) is 120 Å². The Kier molecular flexibility index (Phi) is 6.33. The van der Waals surface area contributed by atoms with E-state index in [1.165, 1.54) is 49.4 Å². The Morgan fingerprint density at radius 2 is 1.04 bits per heavy atom. The number of benzene rings is 6. The van der Waals surface area contributed by atoms with Crippen LogP contribution in [0.15, 0.2) is 138 Å². The fraction of sp³-hybridized carbons (Fsp3) is 0.174. The normalized spacial score (nSPS) is 12.7. The first-order chi connectivity index (χ1) is 23.6. The zero-order chi connectivity index (χ0) is 33.7. The quantitative estimate of drug-likeness (QED) is 0.189. The van der Waals surface area contributed by atoms with Crippen molar-refractivity contribution in [1.82, 2.24) is 9.13 Å². The molecule has 0 aliphatic heterocycles. The smallest absolute Gasteiger partial charge is 0.213 e. The predicted octanol–water partition coefficient (Wildman–Crippen LogP) is 12.9. The first kappa shape index (κ1) is 29.6. The maximum atomic E-state index is 6.58. The largest absolute Gasteiger partial charge is 0.439 e. The van der Waals surface area contributed by atoms with Gasteiger partial charge < -0.3 is 8.98 Å². The summed E-state index contributed by atoms with van der Waals surface area (Å²) in [5.74, 6) is 0. The molecule has 0 radical (unpaired) electrons. The topological polar surface area (TPSA) is 23.0 Å². The number of nitrogens with zero attached hydrogens (tertiary/aromatic N) is 2. The standard InChI is InChI=1S/C46H40N2O/c1-45(2,3)30-21-25-39-37(27-30)38-28-31(46(4,5)6)22-26-40(38)47(39)33-23-19-29(20-24-33)34-16-12-17-36-42-35-15-10-11-18-41(35)49-44(42)48(43(34)36)32-13-8-7-9-14-32/h7-28H,1-6H3. The van der Waals surface area contributed by atoms with Gasteiger partial charge in [0.1, 0.15) is 5.58 Å². The molecule has 0 spiro atoms. The monoisotopic (exact) mass is 636 g/mol. The van der Waals surface area contributed by atoms with Gasteiger partial charge in [-0.15, -0.1) is 0 Å². The van der Waals surface area contributed by atoms with Gasteiger partial charge in [0, 0.05) is 38.5 Å². The highest BCUT2D eigenvalue weighted by Gasteiger charge is 2.23. The molecule has 3 nitrogen and oxygen atoms in total. The van der Waals surface area contributed by atoms with E-state index in [9.17, 15) is 0 Å². The van der Waals surface area contributed by atoms with Gasteiger partial charge >= 0.3 is 0 Å². The molecule has 9 aromatic rings. The van der Waals surface area contributed by atoms with Crippen molar-refractivity contribution in [2.24, 2.45) is 0 Å². The number of rotatable bonds is 3. The van der Waals surface area contributed by atoms with Crippen LogP contribution in [0.1, 0.15) is 52.7 Å². The summed E-state index contributed by atoms with van der Waals surface area (Å²) in [7, 11) is 0. The first-order valence-electron chi connectivity index (χ1n) is 17.3. The van der Waals surface area contributed by atoms with Gasteiger partial charge in [0.05, 0.1) is 21.9 Å². The third kappa shape index (κ3) is 4.56. The molecule has 0 atom stereocenters. The average Bonchev–Trinajstić information content (AvgIpc) is 3.74. The molecule has 240 valence electrons. The molecule has 0 fully saturated rings. The van der Waals surface area contributed by atoms with Gasteiger partial charge in [0.15, 0.2) is 0 Å². The molecule has 0 aliphatic rings. The summed E-state index contributed by atoms with van der Waals surface area (Å²) in [4.78, 5) is 0. The van der Waals surface area contributed by atoms with E-state index in [-0.39, 0.29) is 10.8 Å². The molecular weight excluding hydrogens is 597 g/mol. The molecule has 0 saturated carbocycles. The Morgan fingerprint density at radius 1 is 0.469 bits per heavy atom. The number of furan rings is 1. The summed E-state index contributed by atoms with van der Waals surface area (Å²) >= 11 is 0. The summed E-state index contributed by atoms with van der Waals surface area (Å²) in [6.45, 7) is 13.8. The number of hydrogen-bond donors (Lipinski definition) is 0. The molecule has 3 aromatic heterocycles. The van der Waals surface area contributed by atoms with Crippen LogP contribution in [-0.2, 0) is 10.8 Å². The van der Waals surface area contributed by atoms with E-state index in [4.69, 9.17) is 4.42 Å². The highest BCUT2D eigenvalue weighted by Crippen LogP contribution is 2.43. The molecule has 0 aliphatic carbocycles. The van der Waals surface area contributed by atoms with Gasteiger partial charge in [-0.2, -0.15) is 0 Å². The third-order valence-corrected chi connectivity index (χ3v) is 10.3. The minimum absolute atomic E-state index is 0.0671. The fourth-order valence-corrected chi connectivity index (χ4v) is 7.62. The summed E-state index contributed by atoms with van der Waals surface area (Å²) in [6, 6.07) is 48.7. The lowest BCUT2D eigenvalue weighted by molar-refractivity contribution is 0.590. The Bertz CT molecular complexity index is 2630. The molecule has 49 heavy (non-hydrogen) atoms. The van der Waals surface area contributed by atoms with Crippen LogP contribution < -0.4 is 0 Å². The van der Waals surface area contributed by atoms with Crippen molar-refractivity contribution in [2.75, 3.05) is 0 Å². The minimum atomic E-state index is 0.0671. The van der Waals surface area contributed by atoms with E-state index in [0.717, 1.165) is 39.0 Å². The average molecular weight is 637 g/mol. The molecule has 3 heterocycles. The van der Waals surface area contributed by atoms with Crippen LogP contribution >= 0.6 is 0 Å². The van der Waals surface area contributed by atoms with E-state index < -0.39 is 0 Å². The van der Waals surface area contributed by atoms with Gasteiger partial charge in [0.25, 0.3) is 0 Å². The van der Waals surface area contributed by atoms with Crippen molar-refractivity contribution in [3.63, 3.8) is 0 Å². The summed E-state index contributed by atoms with van der Waals surface area (Å²) in [6.07, 6.45) is 0. The van der Waals surface area contributed by atoms with Crippen LogP contribution in [0.2, 0.25) is 0 Å². The van der Waals surface area contributed by atoms with Gasteiger partial charge in [-0.05, 0) is 82.1 Å². The van der Waals surface area contributed by atoms with Crippen molar-refractivity contribution in [3.8, 4) is 22.5 Å². The highest BCUT2D eigenvalue weighted by atomic mass is 16.3. The second kappa shape index (κ2) is 10.5. The maximum absolute atomic E-state index is 6.58. The molecule has 9 rings (SSSR count). The van der Waals surface area contributed by atoms with Crippen LogP contribution in [0.3, 0.4) is 0 Å². The van der Waals surface area contributed by atoms with Crippen LogP contribution in [0, 0.1) is 0 Å². The molecule has 0 bridgehead atoms. The Hall–Kier alpha value is -5.54. The highest BCUT2D eigenvalue weighted by molar-refractivity contribution is 6.22. The Labute approximate surface area is 287 Å². The summed E-state index contributed by atoms with van der Waals surface area (Å²) < 4.78 is 11.3. The predicted molar refractivity (Wildman–Crippen MR) is 208 cm³/mol. The van der Waals surface area contributed by atoms with E-state index in [1.807, 2.05) is 6.07 Å². The van der Waals surface area contributed by atoms with Gasteiger partial charge in [-0.3, -0.25) is 4.57 Å². The molecule has 0 saturated heterocycles. The maximum Gasteiger partial charge on any atom is 0.213 e. The number of fused-ring (bicyclic) bond motifs is 8. The van der Waals surface area contributed by atoms with Crippen molar-refractivity contribution in [3.05, 3.63) is 145 Å². The zero-order valence-electron chi connectivity index (χ0n) is 29.0. The van der Waals surface area contributed by atoms with E-state index in [1.54, 1.807) is 0 Å². The van der Waals surface area contributed by atoms with Crippen LogP contribution in [0.5, 0.6) is 0 Å². The van der Waals surface area contributed by atoms with E-state index in [2.05, 4.69) is 178 Å².